The van der Waals surface area contributed by atoms with E-state index in [2.05, 4.69) is 41.4 Å². The predicted molar refractivity (Wildman–Crippen MR) is 137 cm³/mol. The lowest BCUT2D eigenvalue weighted by molar-refractivity contribution is -0.959. The third-order valence-electron chi connectivity index (χ3n) is 8.63. The van der Waals surface area contributed by atoms with E-state index in [-0.39, 0.29) is 23.1 Å². The van der Waals surface area contributed by atoms with Crippen LogP contribution < -0.4 is 17.0 Å². The van der Waals surface area contributed by atoms with Crippen LogP contribution in [0.2, 0.25) is 0 Å². The minimum Gasteiger partial charge on any atom is -1.00 e. The smallest absolute Gasteiger partial charge is 0.236 e. The van der Waals surface area contributed by atoms with Crippen LogP contribution in [0.5, 0.6) is 0 Å². The lowest BCUT2D eigenvalue weighted by Gasteiger charge is -2.52. The molecule has 1 unspecified atom stereocenters. The van der Waals surface area contributed by atoms with Crippen molar-refractivity contribution >= 4 is 0 Å². The number of fused-ring (bicyclic) bond motifs is 6. The molecule has 8 rings (SSSR count). The van der Waals surface area contributed by atoms with Crippen molar-refractivity contribution in [1.82, 2.24) is 4.98 Å². The fourth-order valence-corrected chi connectivity index (χ4v) is 6.73. The zero-order valence-electron chi connectivity index (χ0n) is 20.7. The minimum atomic E-state index is -1.37. The summed E-state index contributed by atoms with van der Waals surface area (Å²) >= 11 is 0. The molecule has 4 aromatic rings. The van der Waals surface area contributed by atoms with Crippen molar-refractivity contribution in [1.29, 1.82) is 0 Å². The molecule has 3 fully saturated rings. The largest absolute Gasteiger partial charge is 1.00 e. The summed E-state index contributed by atoms with van der Waals surface area (Å²) in [6, 6.07) is 26.5. The molecule has 5 nitrogen and oxygen atoms in total. The van der Waals surface area contributed by atoms with Gasteiger partial charge in [0.25, 0.3) is 0 Å². The quantitative estimate of drug-likeness (QED) is 0.369. The summed E-state index contributed by atoms with van der Waals surface area (Å²) < 4.78 is 13.8. The van der Waals surface area contributed by atoms with Crippen LogP contribution in [0.25, 0.3) is 11.1 Å². The van der Waals surface area contributed by atoms with Crippen LogP contribution >= 0.6 is 0 Å². The minimum absolute atomic E-state index is 0. The Morgan fingerprint density at radius 2 is 1.51 bits per heavy atom. The van der Waals surface area contributed by atoms with Gasteiger partial charge in [0.15, 0.2) is 11.4 Å². The summed E-state index contributed by atoms with van der Waals surface area (Å²) in [7, 11) is 0. The third-order valence-corrected chi connectivity index (χ3v) is 8.63. The van der Waals surface area contributed by atoms with E-state index < -0.39 is 5.60 Å². The van der Waals surface area contributed by atoms with E-state index in [0.29, 0.717) is 18.4 Å². The maximum absolute atomic E-state index is 12.1. The number of oxazole rings is 1. The topological polar surface area (TPSA) is 55.5 Å². The molecule has 6 heteroatoms. The summed E-state index contributed by atoms with van der Waals surface area (Å²) in [4.78, 5) is 4.65. The average molecular weight is 560 g/mol. The number of ether oxygens (including phenoxy) is 1. The predicted octanol–water partition coefficient (Wildman–Crippen LogP) is 2.27. The van der Waals surface area contributed by atoms with Crippen molar-refractivity contribution in [2.45, 2.75) is 37.7 Å². The van der Waals surface area contributed by atoms with Gasteiger partial charge in [-0.3, -0.25) is 0 Å². The molecule has 0 saturated carbocycles. The number of aromatic nitrogens is 1. The molecule has 3 saturated heterocycles. The summed E-state index contributed by atoms with van der Waals surface area (Å²) in [6.07, 6.45) is 4.47. The highest BCUT2D eigenvalue weighted by Crippen LogP contribution is 2.50. The van der Waals surface area contributed by atoms with Gasteiger partial charge in [0.1, 0.15) is 19.2 Å². The molecule has 4 heterocycles. The van der Waals surface area contributed by atoms with E-state index in [1.54, 1.807) is 0 Å². The molecule has 190 valence electrons. The summed E-state index contributed by atoms with van der Waals surface area (Å²) in [5, 5.41) is 12.1. The molecule has 37 heavy (non-hydrogen) atoms. The monoisotopic (exact) mass is 558 g/mol. The number of benzene rings is 3. The van der Waals surface area contributed by atoms with Crippen molar-refractivity contribution in [3.63, 3.8) is 0 Å². The Kier molecular flexibility index (Phi) is 6.32. The number of nitrogens with zero attached hydrogens (tertiary/aromatic N) is 2. The summed E-state index contributed by atoms with van der Waals surface area (Å²) in [6.45, 7) is 4.73. The zero-order valence-corrected chi connectivity index (χ0v) is 22.3. The van der Waals surface area contributed by atoms with Crippen molar-refractivity contribution in [3.05, 3.63) is 113 Å². The van der Waals surface area contributed by atoms with E-state index in [4.69, 9.17) is 9.15 Å². The number of rotatable bonds is 6. The summed E-state index contributed by atoms with van der Waals surface area (Å²) in [5.41, 5.74) is 3.59. The molecular formula is C31H31BrN2O3. The van der Waals surface area contributed by atoms with Crippen LogP contribution in [-0.4, -0.2) is 40.3 Å². The normalized spacial score (nSPS) is 24.8. The van der Waals surface area contributed by atoms with Gasteiger partial charge in [0.05, 0.1) is 25.9 Å². The van der Waals surface area contributed by atoms with E-state index in [0.717, 1.165) is 58.7 Å². The van der Waals surface area contributed by atoms with Crippen LogP contribution in [0.4, 0.5) is 0 Å². The first-order valence-corrected chi connectivity index (χ1v) is 13.0. The molecule has 0 spiro atoms. The molecular weight excluding hydrogens is 528 g/mol. The fraction of sp³-hybridized carbons (Fsp3) is 0.323. The first-order chi connectivity index (χ1) is 17.6. The van der Waals surface area contributed by atoms with Gasteiger partial charge in [0.2, 0.25) is 5.89 Å². The average Bonchev–Trinajstić information content (AvgIpc) is 3.50. The molecule has 1 N–H and O–H groups in total. The number of aliphatic hydroxyl groups is 1. The summed E-state index contributed by atoms with van der Waals surface area (Å²) in [5.74, 6) is 1.84. The highest BCUT2D eigenvalue weighted by Gasteiger charge is 2.49. The molecule has 1 aromatic heterocycles. The SMILES string of the molecule is OC1(c2ncc(C[N+]34CCC(CC3)C(OCc3ccccc3)C4)o2)c2ccccc2-c2ccccc21.[Br-]. The van der Waals surface area contributed by atoms with Gasteiger partial charge in [-0.1, -0.05) is 78.9 Å². The van der Waals surface area contributed by atoms with Gasteiger partial charge < -0.3 is 35.7 Å². The van der Waals surface area contributed by atoms with Gasteiger partial charge in [-0.2, -0.15) is 0 Å². The molecule has 3 aromatic carbocycles. The Balaban J connectivity index is 0.00000252. The zero-order chi connectivity index (χ0) is 24.2. The lowest BCUT2D eigenvalue weighted by Crippen LogP contribution is -3.00. The number of halogens is 1. The van der Waals surface area contributed by atoms with Crippen molar-refractivity contribution in [3.8, 4) is 11.1 Å². The Bertz CT molecular complexity index is 1350. The van der Waals surface area contributed by atoms with Crippen LogP contribution in [0.3, 0.4) is 0 Å². The second-order valence-electron chi connectivity index (χ2n) is 10.7. The van der Waals surface area contributed by atoms with Gasteiger partial charge in [-0.15, -0.1) is 0 Å². The Morgan fingerprint density at radius 1 is 0.892 bits per heavy atom. The second-order valence-corrected chi connectivity index (χ2v) is 10.7. The number of hydrogen-bond acceptors (Lipinski definition) is 4. The van der Waals surface area contributed by atoms with Crippen molar-refractivity contribution < 1.29 is 35.7 Å². The van der Waals surface area contributed by atoms with Gasteiger partial charge in [0, 0.05) is 29.9 Å². The Hall–Kier alpha value is -2.77. The van der Waals surface area contributed by atoms with Crippen molar-refractivity contribution in [2.24, 2.45) is 5.92 Å². The molecule has 4 aliphatic rings. The second kappa shape index (κ2) is 9.52. The molecule has 1 aliphatic carbocycles. The fourth-order valence-electron chi connectivity index (χ4n) is 6.73. The van der Waals surface area contributed by atoms with Gasteiger partial charge in [-0.05, 0) is 16.7 Å². The maximum Gasteiger partial charge on any atom is 0.236 e. The highest BCUT2D eigenvalue weighted by molar-refractivity contribution is 5.81. The molecule has 0 amide bonds. The number of piperidine rings is 3. The van der Waals surface area contributed by atoms with E-state index >= 15 is 0 Å². The molecule has 3 aliphatic heterocycles. The van der Waals surface area contributed by atoms with Crippen LogP contribution in [0.15, 0.2) is 89.5 Å². The number of quaternary nitrogens is 1. The van der Waals surface area contributed by atoms with Crippen LogP contribution in [0, 0.1) is 5.92 Å². The van der Waals surface area contributed by atoms with Crippen LogP contribution in [0.1, 0.15) is 41.2 Å². The van der Waals surface area contributed by atoms with Crippen LogP contribution in [-0.2, 0) is 23.5 Å². The Morgan fingerprint density at radius 3 is 2.19 bits per heavy atom. The van der Waals surface area contributed by atoms with Crippen molar-refractivity contribution in [2.75, 3.05) is 19.6 Å². The lowest BCUT2D eigenvalue weighted by atomic mass is 9.83. The highest BCUT2D eigenvalue weighted by atomic mass is 79.9. The number of hydrogen-bond donors (Lipinski definition) is 1. The standard InChI is InChI=1S/C31H31N2O3.BrH/c34-31(27-12-6-4-10-25(27)26-11-5-7-13-28(26)31)30-32-18-24(36-30)19-33-16-14-23(15-17-33)29(20-33)35-21-22-8-2-1-3-9-22;/h1-13,18,23,29,34H,14-17,19-21H2;1H/q+1;/p-1. The van der Waals surface area contributed by atoms with E-state index in [1.165, 1.54) is 18.4 Å². The van der Waals surface area contributed by atoms with Gasteiger partial charge >= 0.3 is 0 Å². The Labute approximate surface area is 228 Å². The first kappa shape index (κ1) is 24.6. The van der Waals surface area contributed by atoms with E-state index in [9.17, 15) is 5.11 Å². The first-order valence-electron chi connectivity index (χ1n) is 13.0. The molecule has 1 atom stereocenters. The third kappa shape index (κ3) is 4.07. The van der Waals surface area contributed by atoms with E-state index in [1.807, 2.05) is 48.7 Å². The maximum atomic E-state index is 12.1. The van der Waals surface area contributed by atoms with Gasteiger partial charge in [-0.25, -0.2) is 4.98 Å². The molecule has 0 radical (unpaired) electrons. The molecule has 2 bridgehead atoms.